The van der Waals surface area contributed by atoms with E-state index in [-0.39, 0.29) is 46.6 Å². The average Bonchev–Trinajstić information content (AvgIpc) is 3.47. The Balaban J connectivity index is 0.911. The van der Waals surface area contributed by atoms with Crippen LogP contribution in [-0.4, -0.2) is 47.6 Å². The van der Waals surface area contributed by atoms with Crippen molar-refractivity contribution in [1.29, 1.82) is 0 Å². The number of ether oxygens (including phenoxy) is 4. The topological polar surface area (TPSA) is 73.8 Å². The van der Waals surface area contributed by atoms with E-state index in [0.717, 1.165) is 62.8 Å². The van der Waals surface area contributed by atoms with E-state index in [1.165, 1.54) is 0 Å². The van der Waals surface area contributed by atoms with Gasteiger partial charge in [-0.3, -0.25) is 0 Å². The van der Waals surface area contributed by atoms with Crippen molar-refractivity contribution in [1.82, 2.24) is 0 Å². The molecule has 8 saturated heterocycles. The lowest BCUT2D eigenvalue weighted by molar-refractivity contribution is -0.571. The molecule has 0 N–H and O–H groups in total. The first-order valence-electron chi connectivity index (χ1n) is 19.8. The lowest BCUT2D eigenvalue weighted by Gasteiger charge is -2.60. The molecule has 8 nitrogen and oxygen atoms in total. The molecular formula is C40H54F4O8. The molecule has 11 rings (SSSR count). The van der Waals surface area contributed by atoms with Crippen LogP contribution in [0.2, 0.25) is 0 Å². The molecule has 1 aromatic rings. The van der Waals surface area contributed by atoms with Crippen LogP contribution in [-0.2, 0) is 50.3 Å². The van der Waals surface area contributed by atoms with Crippen LogP contribution in [0.3, 0.4) is 0 Å². The van der Waals surface area contributed by atoms with Gasteiger partial charge in [0.1, 0.15) is 0 Å². The van der Waals surface area contributed by atoms with Crippen molar-refractivity contribution < 1.29 is 56.1 Å². The first-order chi connectivity index (χ1) is 24.5. The molecule has 2 saturated carbocycles. The van der Waals surface area contributed by atoms with Gasteiger partial charge >= 0.3 is 0 Å². The molecular weight excluding hydrogens is 684 g/mol. The van der Waals surface area contributed by atoms with Crippen molar-refractivity contribution in [2.45, 2.75) is 165 Å². The number of fused-ring (bicyclic) bond motifs is 4. The number of rotatable bonds is 6. The lowest BCUT2D eigenvalue weighted by atomic mass is 9.57. The summed E-state index contributed by atoms with van der Waals surface area (Å²) in [5.41, 5.74) is -2.34. The molecule has 290 valence electrons. The summed E-state index contributed by atoms with van der Waals surface area (Å²) in [7, 11) is 0. The summed E-state index contributed by atoms with van der Waals surface area (Å²) in [4.78, 5) is 24.0. The number of hydrogen-bond donors (Lipinski definition) is 0. The first-order valence-corrected chi connectivity index (χ1v) is 19.8. The van der Waals surface area contributed by atoms with Gasteiger partial charge in [0.15, 0.2) is 23.8 Å². The van der Waals surface area contributed by atoms with Gasteiger partial charge in [0.2, 0.25) is 11.6 Å². The zero-order valence-corrected chi connectivity index (χ0v) is 31.1. The van der Waals surface area contributed by atoms with Crippen LogP contribution in [0.1, 0.15) is 117 Å². The highest BCUT2D eigenvalue weighted by Gasteiger charge is 2.71. The molecule has 0 unspecified atom stereocenters. The zero-order chi connectivity index (χ0) is 36.6. The summed E-state index contributed by atoms with van der Waals surface area (Å²) < 4.78 is 90.1. The van der Waals surface area contributed by atoms with Crippen LogP contribution in [0.25, 0.3) is 0 Å². The van der Waals surface area contributed by atoms with Gasteiger partial charge in [-0.25, -0.2) is 37.1 Å². The van der Waals surface area contributed by atoms with Crippen molar-refractivity contribution in [2.75, 3.05) is 0 Å². The van der Waals surface area contributed by atoms with E-state index >= 15 is 17.6 Å². The van der Waals surface area contributed by atoms with Gasteiger partial charge in [0.25, 0.3) is 11.8 Å². The number of halogens is 4. The molecule has 2 spiro atoms. The molecule has 10 fully saturated rings. The fourth-order valence-corrected chi connectivity index (χ4v) is 12.1. The van der Waals surface area contributed by atoms with Gasteiger partial charge in [0, 0.05) is 48.6 Å². The summed E-state index contributed by atoms with van der Waals surface area (Å²) in [6.45, 7) is 11.9. The summed E-state index contributed by atoms with van der Waals surface area (Å²) in [6, 6.07) is 4.52. The second-order valence-electron chi connectivity index (χ2n) is 18.3. The minimum absolute atomic E-state index is 0.0837. The Hall–Kier alpha value is -1.38. The molecule has 52 heavy (non-hydrogen) atoms. The number of alkyl halides is 4. The Morgan fingerprint density at radius 1 is 0.558 bits per heavy atom. The Labute approximate surface area is 303 Å². The third-order valence-electron chi connectivity index (χ3n) is 15.2. The predicted octanol–water partition coefficient (Wildman–Crippen LogP) is 9.15. The second-order valence-corrected chi connectivity index (χ2v) is 18.3. The normalized spacial score (nSPS) is 51.3. The monoisotopic (exact) mass is 738 g/mol. The molecule has 1 aromatic carbocycles. The fraction of sp³-hybridized carbons (Fsp3) is 0.850. The molecule has 8 heterocycles. The Bertz CT molecular complexity index is 1420. The fourth-order valence-electron chi connectivity index (χ4n) is 12.1. The highest BCUT2D eigenvalue weighted by atomic mass is 19.3. The van der Waals surface area contributed by atoms with Gasteiger partial charge in [-0.05, 0) is 87.9 Å². The summed E-state index contributed by atoms with van der Waals surface area (Å²) >= 11 is 0. The van der Waals surface area contributed by atoms with E-state index in [1.807, 2.05) is 13.8 Å². The molecule has 8 aliphatic heterocycles. The van der Waals surface area contributed by atoms with Crippen LogP contribution in [0.4, 0.5) is 17.6 Å². The van der Waals surface area contributed by atoms with Crippen molar-refractivity contribution in [3.63, 3.8) is 0 Å². The molecule has 10 aliphatic rings. The third-order valence-corrected chi connectivity index (χ3v) is 15.2. The van der Waals surface area contributed by atoms with Crippen LogP contribution < -0.4 is 0 Å². The Morgan fingerprint density at radius 3 is 1.33 bits per heavy atom. The quantitative estimate of drug-likeness (QED) is 0.212. The minimum atomic E-state index is -3.33. The van der Waals surface area contributed by atoms with Crippen LogP contribution in [0.15, 0.2) is 24.3 Å². The van der Waals surface area contributed by atoms with Crippen molar-refractivity contribution >= 4 is 0 Å². The van der Waals surface area contributed by atoms with Gasteiger partial charge in [-0.1, -0.05) is 52.0 Å². The van der Waals surface area contributed by atoms with E-state index in [0.29, 0.717) is 24.7 Å². The highest BCUT2D eigenvalue weighted by Crippen LogP contribution is 2.63. The van der Waals surface area contributed by atoms with Gasteiger partial charge < -0.3 is 18.9 Å². The van der Waals surface area contributed by atoms with E-state index in [2.05, 4.69) is 13.8 Å². The summed E-state index contributed by atoms with van der Waals surface area (Å²) in [5, 5.41) is 0. The van der Waals surface area contributed by atoms with Crippen molar-refractivity contribution in [3.8, 4) is 0 Å². The molecule has 0 aromatic heterocycles. The number of benzene rings is 1. The summed E-state index contributed by atoms with van der Waals surface area (Å²) in [5.74, 6) is -8.39. The number of hydrogen-bond acceptors (Lipinski definition) is 8. The van der Waals surface area contributed by atoms with Crippen LogP contribution in [0, 0.1) is 47.3 Å². The Morgan fingerprint density at radius 2 is 0.942 bits per heavy atom. The van der Waals surface area contributed by atoms with Crippen molar-refractivity contribution in [2.24, 2.45) is 47.3 Å². The van der Waals surface area contributed by atoms with Crippen LogP contribution in [0.5, 0.6) is 0 Å². The first kappa shape index (κ1) is 36.3. The lowest BCUT2D eigenvalue weighted by Crippen LogP contribution is -2.70. The van der Waals surface area contributed by atoms with Crippen molar-refractivity contribution in [3.05, 3.63) is 35.4 Å². The maximum atomic E-state index is 16.1. The predicted molar refractivity (Wildman–Crippen MR) is 177 cm³/mol. The zero-order valence-electron chi connectivity index (χ0n) is 31.1. The third kappa shape index (κ3) is 5.27. The SMILES string of the molecule is C[C@H]1[C@@H](CC(F)(F)c2ccc(C(F)(F)C[C@H]3O[C@H]4O[C@@]5(C)CC[C@H]6[C@H](C)CC[C@@H]([C@H]3C)[C@@]46OO5)cc2)O[C@H]2O[C@@]3(C)CC[C@H]4[C@H](C)CC[C@@H]1[C@@]24OO3. The largest absolute Gasteiger partial charge is 0.346 e. The second kappa shape index (κ2) is 12.1. The Kier molecular flexibility index (Phi) is 8.41. The maximum Gasteiger partial charge on any atom is 0.275 e. The molecule has 4 bridgehead atoms. The van der Waals surface area contributed by atoms with E-state index in [9.17, 15) is 0 Å². The van der Waals surface area contributed by atoms with E-state index in [1.54, 1.807) is 13.8 Å². The average molecular weight is 739 g/mol. The van der Waals surface area contributed by atoms with Crippen LogP contribution >= 0.6 is 0 Å². The summed E-state index contributed by atoms with van der Waals surface area (Å²) in [6.07, 6.45) is 1.98. The molecule has 0 radical (unpaired) electrons. The minimum Gasteiger partial charge on any atom is -0.346 e. The van der Waals surface area contributed by atoms with Gasteiger partial charge in [-0.2, -0.15) is 0 Å². The standard InChI is InChI=1S/C40H54F4O8/c1-21-7-13-29-23(3)31(45-33-39(29)27(21)15-17-35(5,47-33)49-51-39)19-37(41,42)25-9-11-26(12-10-25)38(43,44)20-32-24(4)30-14-8-22(2)28-16-18-36(6)48-34(46-32)40(28,30)52-50-36/h9-12,21-24,27-34H,7-8,13-20H2,1-6H3/t21-,22-,23-,24-,27+,28+,29+,30+,31-,32-,33+,34+,35-,36-,39-,40-/m1/s1. The highest BCUT2D eigenvalue weighted by molar-refractivity contribution is 5.29. The smallest absolute Gasteiger partial charge is 0.275 e. The molecule has 0 amide bonds. The van der Waals surface area contributed by atoms with E-state index in [4.69, 9.17) is 38.5 Å². The molecule has 12 heteroatoms. The molecule has 16 atom stereocenters. The van der Waals surface area contributed by atoms with E-state index < -0.39 is 72.3 Å². The maximum absolute atomic E-state index is 16.1. The van der Waals surface area contributed by atoms with Gasteiger partial charge in [-0.15, -0.1) is 0 Å². The molecule has 2 aliphatic carbocycles. The van der Waals surface area contributed by atoms with Gasteiger partial charge in [0.05, 0.1) is 12.2 Å².